The Kier molecular flexibility index (Phi) is 5.01. The van der Waals surface area contributed by atoms with E-state index in [0.717, 1.165) is 21.3 Å². The first-order valence-electron chi connectivity index (χ1n) is 6.48. The second-order valence-corrected chi connectivity index (χ2v) is 6.12. The number of halogens is 2. The Balaban J connectivity index is 2.22. The summed E-state index contributed by atoms with van der Waals surface area (Å²) in [5, 5.41) is 13.9. The first-order chi connectivity index (χ1) is 9.92. The predicted octanol–water partition coefficient (Wildman–Crippen LogP) is 5.05. The van der Waals surface area contributed by atoms with Gasteiger partial charge in [0.2, 0.25) is 0 Å². The molecular weight excluding hydrogens is 354 g/mol. The molecule has 0 fully saturated rings. The summed E-state index contributed by atoms with van der Waals surface area (Å²) < 4.78 is 6.22. The van der Waals surface area contributed by atoms with Crippen molar-refractivity contribution in [3.05, 3.63) is 50.5 Å². The molecule has 0 amide bonds. The summed E-state index contributed by atoms with van der Waals surface area (Å²) in [6.07, 6.45) is 0. The normalized spacial score (nSPS) is 10.5. The van der Waals surface area contributed by atoms with Crippen LogP contribution in [0.25, 0.3) is 0 Å². The second-order valence-electron chi connectivity index (χ2n) is 4.89. The minimum absolute atomic E-state index is 0.111. The highest BCUT2D eigenvalue weighted by Crippen LogP contribution is 2.34. The minimum atomic E-state index is 0.111. The standard InChI is InChI=1S/C16H17BrClNO2/c1-9-4-13(5-10(2)15(9)17)19-8-11-6-12(18)7-14(21-3)16(11)20/h4-7,19-20H,8H2,1-3H3. The molecule has 0 saturated heterocycles. The largest absolute Gasteiger partial charge is 0.504 e. The zero-order valence-electron chi connectivity index (χ0n) is 12.1. The van der Waals surface area contributed by atoms with Gasteiger partial charge in [-0.2, -0.15) is 0 Å². The number of aromatic hydroxyl groups is 1. The van der Waals surface area contributed by atoms with Gasteiger partial charge in [0.05, 0.1) is 7.11 Å². The van der Waals surface area contributed by atoms with Crippen molar-refractivity contribution in [2.75, 3.05) is 12.4 Å². The molecule has 0 heterocycles. The molecule has 0 aliphatic heterocycles. The van der Waals surface area contributed by atoms with E-state index in [1.165, 1.54) is 7.11 Å². The lowest BCUT2D eigenvalue weighted by atomic mass is 10.1. The molecule has 2 aromatic rings. The molecule has 0 aromatic heterocycles. The third kappa shape index (κ3) is 3.63. The highest BCUT2D eigenvalue weighted by atomic mass is 79.9. The van der Waals surface area contributed by atoms with Gasteiger partial charge in [0.15, 0.2) is 11.5 Å². The molecular formula is C16H17BrClNO2. The summed E-state index contributed by atoms with van der Waals surface area (Å²) in [5.41, 5.74) is 4.00. The van der Waals surface area contributed by atoms with Crippen LogP contribution in [0.2, 0.25) is 5.02 Å². The number of hydrogen-bond donors (Lipinski definition) is 2. The van der Waals surface area contributed by atoms with Crippen molar-refractivity contribution in [1.82, 2.24) is 0 Å². The molecule has 0 aliphatic carbocycles. The maximum absolute atomic E-state index is 10.1. The number of aryl methyl sites for hydroxylation is 2. The number of methoxy groups -OCH3 is 1. The third-order valence-corrected chi connectivity index (χ3v) is 4.73. The average molecular weight is 371 g/mol. The van der Waals surface area contributed by atoms with Crippen LogP contribution in [0.3, 0.4) is 0 Å². The Bertz CT molecular complexity index is 651. The quantitative estimate of drug-likeness (QED) is 0.791. The van der Waals surface area contributed by atoms with Gasteiger partial charge in [0.25, 0.3) is 0 Å². The summed E-state index contributed by atoms with van der Waals surface area (Å²) in [6.45, 7) is 4.55. The summed E-state index contributed by atoms with van der Waals surface area (Å²) in [4.78, 5) is 0. The number of anilines is 1. The van der Waals surface area contributed by atoms with Crippen LogP contribution in [0.15, 0.2) is 28.7 Å². The SMILES string of the molecule is COc1cc(Cl)cc(CNc2cc(C)c(Br)c(C)c2)c1O. The number of benzene rings is 2. The van der Waals surface area contributed by atoms with Crippen LogP contribution in [-0.2, 0) is 6.54 Å². The highest BCUT2D eigenvalue weighted by Gasteiger charge is 2.10. The van der Waals surface area contributed by atoms with E-state index in [1.807, 2.05) is 13.8 Å². The molecule has 21 heavy (non-hydrogen) atoms. The van der Waals surface area contributed by atoms with E-state index in [4.69, 9.17) is 16.3 Å². The average Bonchev–Trinajstić information content (AvgIpc) is 2.45. The Hall–Kier alpha value is -1.39. The smallest absolute Gasteiger partial charge is 0.162 e. The number of nitrogens with one attached hydrogen (secondary N) is 1. The maximum Gasteiger partial charge on any atom is 0.162 e. The fraction of sp³-hybridized carbons (Fsp3) is 0.250. The lowest BCUT2D eigenvalue weighted by Gasteiger charge is -2.13. The number of rotatable bonds is 4. The monoisotopic (exact) mass is 369 g/mol. The van der Waals surface area contributed by atoms with Crippen molar-refractivity contribution >= 4 is 33.2 Å². The molecule has 2 aromatic carbocycles. The van der Waals surface area contributed by atoms with Crippen LogP contribution >= 0.6 is 27.5 Å². The van der Waals surface area contributed by atoms with Gasteiger partial charge in [-0.1, -0.05) is 27.5 Å². The van der Waals surface area contributed by atoms with Gasteiger partial charge in [-0.25, -0.2) is 0 Å². The summed E-state index contributed by atoms with van der Waals surface area (Å²) >= 11 is 9.58. The molecule has 0 radical (unpaired) electrons. The number of phenolic OH excluding ortho intramolecular Hbond substituents is 1. The minimum Gasteiger partial charge on any atom is -0.504 e. The number of hydrogen-bond acceptors (Lipinski definition) is 3. The lowest BCUT2D eigenvalue weighted by Crippen LogP contribution is -2.01. The lowest BCUT2D eigenvalue weighted by molar-refractivity contribution is 0.371. The summed E-state index contributed by atoms with van der Waals surface area (Å²) in [5.74, 6) is 0.488. The van der Waals surface area contributed by atoms with Crippen LogP contribution in [0, 0.1) is 13.8 Å². The van der Waals surface area contributed by atoms with Gasteiger partial charge in [0.1, 0.15) is 0 Å². The van der Waals surface area contributed by atoms with Crippen molar-refractivity contribution in [1.29, 1.82) is 0 Å². The Morgan fingerprint density at radius 1 is 1.19 bits per heavy atom. The molecule has 0 atom stereocenters. The molecule has 2 N–H and O–H groups in total. The second kappa shape index (κ2) is 6.58. The van der Waals surface area contributed by atoms with Gasteiger partial charge in [-0.15, -0.1) is 0 Å². The van der Waals surface area contributed by atoms with Crippen LogP contribution in [0.4, 0.5) is 5.69 Å². The first kappa shape index (κ1) is 16.0. The Morgan fingerprint density at radius 3 is 2.38 bits per heavy atom. The molecule has 0 spiro atoms. The van der Waals surface area contributed by atoms with Crippen LogP contribution in [-0.4, -0.2) is 12.2 Å². The number of ether oxygens (including phenoxy) is 1. The van der Waals surface area contributed by atoms with Gasteiger partial charge in [0, 0.05) is 33.4 Å². The van der Waals surface area contributed by atoms with Crippen molar-refractivity contribution in [3.8, 4) is 11.5 Å². The van der Waals surface area contributed by atoms with Crippen molar-refractivity contribution in [2.45, 2.75) is 20.4 Å². The van der Waals surface area contributed by atoms with E-state index >= 15 is 0 Å². The van der Waals surface area contributed by atoms with Crippen LogP contribution < -0.4 is 10.1 Å². The zero-order valence-corrected chi connectivity index (χ0v) is 14.5. The van der Waals surface area contributed by atoms with Gasteiger partial charge < -0.3 is 15.2 Å². The zero-order chi connectivity index (χ0) is 15.6. The molecule has 0 unspecified atom stereocenters. The molecule has 0 aliphatic rings. The van der Waals surface area contributed by atoms with Gasteiger partial charge in [-0.3, -0.25) is 0 Å². The summed E-state index contributed by atoms with van der Waals surface area (Å²) in [6, 6.07) is 7.42. The van der Waals surface area contributed by atoms with E-state index < -0.39 is 0 Å². The van der Waals surface area contributed by atoms with E-state index in [9.17, 15) is 5.11 Å². The van der Waals surface area contributed by atoms with Crippen LogP contribution in [0.5, 0.6) is 11.5 Å². The fourth-order valence-corrected chi connectivity index (χ4v) is 2.62. The Labute approximate surface area is 138 Å². The molecule has 3 nitrogen and oxygen atoms in total. The van der Waals surface area contributed by atoms with Crippen molar-refractivity contribution in [2.24, 2.45) is 0 Å². The predicted molar refractivity (Wildman–Crippen MR) is 90.6 cm³/mol. The van der Waals surface area contributed by atoms with E-state index in [-0.39, 0.29) is 5.75 Å². The molecule has 0 saturated carbocycles. The van der Waals surface area contributed by atoms with E-state index in [1.54, 1.807) is 12.1 Å². The first-order valence-corrected chi connectivity index (χ1v) is 7.65. The van der Waals surface area contributed by atoms with Crippen molar-refractivity contribution < 1.29 is 9.84 Å². The molecule has 0 bridgehead atoms. The fourth-order valence-electron chi connectivity index (χ4n) is 2.16. The third-order valence-electron chi connectivity index (χ3n) is 3.26. The highest BCUT2D eigenvalue weighted by molar-refractivity contribution is 9.10. The maximum atomic E-state index is 10.1. The molecule has 2 rings (SSSR count). The Morgan fingerprint density at radius 2 is 1.81 bits per heavy atom. The van der Waals surface area contributed by atoms with E-state index in [2.05, 4.69) is 33.4 Å². The topological polar surface area (TPSA) is 41.5 Å². The van der Waals surface area contributed by atoms with E-state index in [0.29, 0.717) is 22.9 Å². The summed E-state index contributed by atoms with van der Waals surface area (Å²) in [7, 11) is 1.50. The van der Waals surface area contributed by atoms with Gasteiger partial charge >= 0.3 is 0 Å². The molecule has 5 heteroatoms. The van der Waals surface area contributed by atoms with Gasteiger partial charge in [-0.05, 0) is 43.2 Å². The van der Waals surface area contributed by atoms with Crippen LogP contribution in [0.1, 0.15) is 16.7 Å². The molecule has 112 valence electrons. The van der Waals surface area contributed by atoms with Crippen molar-refractivity contribution in [3.63, 3.8) is 0 Å². The number of phenols is 1.